The number of hydrogen-bond donors (Lipinski definition) is 1. The quantitative estimate of drug-likeness (QED) is 0.540. The number of aromatic amines is 1. The molecule has 6 nitrogen and oxygen atoms in total. The van der Waals surface area contributed by atoms with Gasteiger partial charge in [-0.05, 0) is 28.3 Å². The minimum Gasteiger partial charge on any atom is -0.329 e. The van der Waals surface area contributed by atoms with Crippen molar-refractivity contribution in [3.8, 4) is 22.5 Å². The van der Waals surface area contributed by atoms with Gasteiger partial charge in [0.15, 0.2) is 0 Å². The standard InChI is InChI=1S/C20H19ClN6/c1-2-5-19-22-18(21)13-27(19)12-14-8-10-15(11-9-14)16-6-3-4-7-17(16)20-23-25-26-24-20/h3-4,6-11,13H,2,5,12H2,1H3,(H,23,24,25,26). The molecule has 0 aliphatic heterocycles. The first-order chi connectivity index (χ1) is 13.2. The molecule has 4 aromatic rings. The fraction of sp³-hybridized carbons (Fsp3) is 0.200. The monoisotopic (exact) mass is 378 g/mol. The maximum atomic E-state index is 6.09. The third-order valence-corrected chi connectivity index (χ3v) is 4.62. The molecule has 2 aromatic carbocycles. The summed E-state index contributed by atoms with van der Waals surface area (Å²) in [5.41, 5.74) is 4.33. The lowest BCUT2D eigenvalue weighted by Crippen LogP contribution is -2.04. The molecule has 27 heavy (non-hydrogen) atoms. The number of hydrogen-bond acceptors (Lipinski definition) is 4. The van der Waals surface area contributed by atoms with Gasteiger partial charge in [-0.3, -0.25) is 0 Å². The second-order valence-electron chi connectivity index (χ2n) is 6.34. The number of rotatable bonds is 6. The molecule has 0 amide bonds. The topological polar surface area (TPSA) is 72.3 Å². The summed E-state index contributed by atoms with van der Waals surface area (Å²) in [6.07, 6.45) is 3.86. The molecule has 0 bridgehead atoms. The van der Waals surface area contributed by atoms with Gasteiger partial charge in [0, 0.05) is 24.7 Å². The molecule has 4 rings (SSSR count). The lowest BCUT2D eigenvalue weighted by Gasteiger charge is -2.10. The highest BCUT2D eigenvalue weighted by Crippen LogP contribution is 2.29. The number of imidazole rings is 1. The summed E-state index contributed by atoms with van der Waals surface area (Å²) in [7, 11) is 0. The molecule has 2 heterocycles. The van der Waals surface area contributed by atoms with Crippen LogP contribution in [0, 0.1) is 0 Å². The molecule has 2 aromatic heterocycles. The van der Waals surface area contributed by atoms with E-state index < -0.39 is 0 Å². The van der Waals surface area contributed by atoms with E-state index in [0.29, 0.717) is 11.0 Å². The van der Waals surface area contributed by atoms with Gasteiger partial charge in [0.25, 0.3) is 0 Å². The predicted octanol–water partition coefficient (Wildman–Crippen LogP) is 4.38. The van der Waals surface area contributed by atoms with E-state index in [1.165, 1.54) is 5.56 Å². The van der Waals surface area contributed by atoms with Crippen molar-refractivity contribution in [1.82, 2.24) is 30.2 Å². The van der Waals surface area contributed by atoms with Gasteiger partial charge in [0.1, 0.15) is 11.0 Å². The van der Waals surface area contributed by atoms with Crippen molar-refractivity contribution in [1.29, 1.82) is 0 Å². The molecule has 0 aliphatic carbocycles. The van der Waals surface area contributed by atoms with Crippen molar-refractivity contribution >= 4 is 11.6 Å². The summed E-state index contributed by atoms with van der Waals surface area (Å²) in [5.74, 6) is 1.61. The van der Waals surface area contributed by atoms with Crippen LogP contribution in [-0.2, 0) is 13.0 Å². The summed E-state index contributed by atoms with van der Waals surface area (Å²) in [5, 5.41) is 14.9. The first kappa shape index (κ1) is 17.4. The molecule has 0 saturated heterocycles. The van der Waals surface area contributed by atoms with Gasteiger partial charge in [-0.2, -0.15) is 5.21 Å². The Morgan fingerprint density at radius 2 is 1.81 bits per heavy atom. The molecule has 7 heteroatoms. The summed E-state index contributed by atoms with van der Waals surface area (Å²) in [4.78, 5) is 4.41. The van der Waals surface area contributed by atoms with Crippen LogP contribution in [0.5, 0.6) is 0 Å². The minimum absolute atomic E-state index is 0.545. The number of aromatic nitrogens is 6. The summed E-state index contributed by atoms with van der Waals surface area (Å²) < 4.78 is 2.12. The van der Waals surface area contributed by atoms with E-state index in [1.807, 2.05) is 24.4 Å². The van der Waals surface area contributed by atoms with E-state index in [2.05, 4.69) is 67.4 Å². The van der Waals surface area contributed by atoms with Crippen molar-refractivity contribution in [2.24, 2.45) is 0 Å². The average Bonchev–Trinajstić information content (AvgIpc) is 3.33. The molecule has 1 N–H and O–H groups in total. The highest BCUT2D eigenvalue weighted by atomic mass is 35.5. The molecule has 0 fully saturated rings. The fourth-order valence-corrected chi connectivity index (χ4v) is 3.39. The van der Waals surface area contributed by atoms with Crippen LogP contribution in [0.15, 0.2) is 54.7 Å². The summed E-state index contributed by atoms with van der Waals surface area (Å²) in [6.45, 7) is 2.89. The lowest BCUT2D eigenvalue weighted by atomic mass is 9.98. The Morgan fingerprint density at radius 3 is 2.52 bits per heavy atom. The average molecular weight is 379 g/mol. The van der Waals surface area contributed by atoms with E-state index >= 15 is 0 Å². The summed E-state index contributed by atoms with van der Waals surface area (Å²) >= 11 is 6.09. The Balaban J connectivity index is 1.61. The Labute approximate surface area is 162 Å². The predicted molar refractivity (Wildman–Crippen MR) is 105 cm³/mol. The molecule has 0 spiro atoms. The SMILES string of the molecule is CCCc1nc(Cl)cn1Cc1ccc(-c2ccccc2-c2nn[nH]n2)cc1. The van der Waals surface area contributed by atoms with Gasteiger partial charge in [0.05, 0.1) is 0 Å². The van der Waals surface area contributed by atoms with Crippen LogP contribution in [0.3, 0.4) is 0 Å². The Hall–Kier alpha value is -2.99. The zero-order valence-corrected chi connectivity index (χ0v) is 15.7. The molecule has 0 atom stereocenters. The van der Waals surface area contributed by atoms with Gasteiger partial charge < -0.3 is 4.57 Å². The second kappa shape index (κ2) is 7.72. The van der Waals surface area contributed by atoms with Crippen molar-refractivity contribution < 1.29 is 0 Å². The number of halogens is 1. The highest BCUT2D eigenvalue weighted by Gasteiger charge is 2.11. The normalized spacial score (nSPS) is 11.0. The van der Waals surface area contributed by atoms with Crippen LogP contribution in [0.2, 0.25) is 5.15 Å². The van der Waals surface area contributed by atoms with E-state index in [0.717, 1.165) is 41.9 Å². The second-order valence-corrected chi connectivity index (χ2v) is 6.72. The van der Waals surface area contributed by atoms with Crippen LogP contribution in [0.1, 0.15) is 24.7 Å². The van der Waals surface area contributed by atoms with Crippen LogP contribution < -0.4 is 0 Å². The Bertz CT molecular complexity index is 1020. The van der Waals surface area contributed by atoms with E-state index in [4.69, 9.17) is 11.6 Å². The number of H-pyrrole nitrogens is 1. The van der Waals surface area contributed by atoms with E-state index in [1.54, 1.807) is 0 Å². The van der Waals surface area contributed by atoms with Gasteiger partial charge in [-0.15, -0.1) is 10.2 Å². The molecule has 0 radical (unpaired) electrons. The Morgan fingerprint density at radius 1 is 1.04 bits per heavy atom. The van der Waals surface area contributed by atoms with Crippen molar-refractivity contribution in [3.63, 3.8) is 0 Å². The number of aryl methyl sites for hydroxylation is 1. The molecule has 0 saturated carbocycles. The van der Waals surface area contributed by atoms with E-state index in [9.17, 15) is 0 Å². The molecule has 136 valence electrons. The maximum absolute atomic E-state index is 6.09. The fourth-order valence-electron chi connectivity index (χ4n) is 3.17. The first-order valence-corrected chi connectivity index (χ1v) is 9.26. The lowest BCUT2D eigenvalue weighted by molar-refractivity contribution is 0.705. The van der Waals surface area contributed by atoms with Crippen molar-refractivity contribution in [2.75, 3.05) is 0 Å². The number of nitrogens with zero attached hydrogens (tertiary/aromatic N) is 5. The van der Waals surface area contributed by atoms with Crippen LogP contribution in [0.4, 0.5) is 0 Å². The summed E-state index contributed by atoms with van der Waals surface area (Å²) in [6, 6.07) is 16.5. The van der Waals surface area contributed by atoms with Gasteiger partial charge >= 0.3 is 0 Å². The van der Waals surface area contributed by atoms with Crippen molar-refractivity contribution in [3.05, 3.63) is 71.3 Å². The zero-order valence-electron chi connectivity index (χ0n) is 14.9. The Kier molecular flexibility index (Phi) is 4.98. The number of tetrazole rings is 1. The van der Waals surface area contributed by atoms with Gasteiger partial charge in [0.2, 0.25) is 5.82 Å². The third-order valence-electron chi connectivity index (χ3n) is 4.43. The minimum atomic E-state index is 0.545. The van der Waals surface area contributed by atoms with Crippen LogP contribution in [0.25, 0.3) is 22.5 Å². The molecule has 0 aliphatic rings. The van der Waals surface area contributed by atoms with Gasteiger partial charge in [-0.1, -0.05) is 67.1 Å². The number of benzene rings is 2. The largest absolute Gasteiger partial charge is 0.329 e. The molecular weight excluding hydrogens is 360 g/mol. The zero-order chi connectivity index (χ0) is 18.6. The number of nitrogens with one attached hydrogen (secondary N) is 1. The van der Waals surface area contributed by atoms with Gasteiger partial charge in [-0.25, -0.2) is 4.98 Å². The maximum Gasteiger partial charge on any atom is 0.205 e. The highest BCUT2D eigenvalue weighted by molar-refractivity contribution is 6.29. The van der Waals surface area contributed by atoms with E-state index in [-0.39, 0.29) is 0 Å². The van der Waals surface area contributed by atoms with Crippen molar-refractivity contribution in [2.45, 2.75) is 26.3 Å². The van der Waals surface area contributed by atoms with Crippen LogP contribution >= 0.6 is 11.6 Å². The first-order valence-electron chi connectivity index (χ1n) is 8.88. The van der Waals surface area contributed by atoms with Crippen LogP contribution in [-0.4, -0.2) is 30.2 Å². The smallest absolute Gasteiger partial charge is 0.205 e. The molecule has 0 unspecified atom stereocenters. The molecular formula is C20H19ClN6. The third kappa shape index (κ3) is 3.75.